The van der Waals surface area contributed by atoms with E-state index in [0.29, 0.717) is 0 Å². The average molecular weight is 270 g/mol. The fourth-order valence-corrected chi connectivity index (χ4v) is 4.66. The summed E-state index contributed by atoms with van der Waals surface area (Å²) in [6.45, 7) is 0. The lowest BCUT2D eigenvalue weighted by Gasteiger charge is -1.99. The second-order valence-electron chi connectivity index (χ2n) is 5.33. The van der Waals surface area contributed by atoms with E-state index in [2.05, 4.69) is 4.40 Å². The first kappa shape index (κ1) is 10.1. The molecule has 0 unspecified atom stereocenters. The lowest BCUT2D eigenvalue weighted by atomic mass is 10.1. The van der Waals surface area contributed by atoms with Crippen molar-refractivity contribution in [3.63, 3.8) is 0 Å². The molecule has 4 heteroatoms. The van der Waals surface area contributed by atoms with Gasteiger partial charge in [-0.25, -0.2) is 9.37 Å². The molecule has 0 saturated carbocycles. The lowest BCUT2D eigenvalue weighted by molar-refractivity contribution is 0.626. The highest BCUT2D eigenvalue weighted by Crippen LogP contribution is 2.41. The molecular formula is C15H11FN2S. The Bertz CT molecular complexity index is 844. The molecule has 0 N–H and O–H groups in total. The number of fused-ring (bicyclic) bond motifs is 7. The van der Waals surface area contributed by atoms with E-state index in [-0.39, 0.29) is 5.82 Å². The number of hydrogen-bond donors (Lipinski definition) is 0. The van der Waals surface area contributed by atoms with Crippen LogP contribution in [-0.4, -0.2) is 9.38 Å². The fraction of sp³-hybridized carbons (Fsp3) is 0.267. The summed E-state index contributed by atoms with van der Waals surface area (Å²) in [5.41, 5.74) is 5.96. The van der Waals surface area contributed by atoms with E-state index >= 15 is 0 Å². The zero-order valence-corrected chi connectivity index (χ0v) is 11.1. The van der Waals surface area contributed by atoms with Gasteiger partial charge in [-0.05, 0) is 43.0 Å². The van der Waals surface area contributed by atoms with Crippen molar-refractivity contribution in [2.45, 2.75) is 25.7 Å². The molecule has 0 bridgehead atoms. The normalized spacial score (nSPS) is 15.8. The van der Waals surface area contributed by atoms with Crippen molar-refractivity contribution < 1.29 is 4.39 Å². The molecular weight excluding hydrogens is 259 g/mol. The average Bonchev–Trinajstić information content (AvgIpc) is 3.05. The van der Waals surface area contributed by atoms with Crippen LogP contribution in [0.4, 0.5) is 4.39 Å². The smallest absolute Gasteiger partial charge is 0.194 e. The molecule has 0 fully saturated rings. The monoisotopic (exact) mass is 270 g/mol. The minimum absolute atomic E-state index is 0.152. The fourth-order valence-electron chi connectivity index (χ4n) is 3.43. The van der Waals surface area contributed by atoms with Crippen LogP contribution in [0.5, 0.6) is 0 Å². The van der Waals surface area contributed by atoms with Crippen LogP contribution in [0.1, 0.15) is 28.2 Å². The minimum Gasteiger partial charge on any atom is -0.290 e. The summed E-state index contributed by atoms with van der Waals surface area (Å²) in [6.07, 6.45) is 4.42. The standard InChI is InChI=1S/C15H11FN2S/c16-9-4-5-10-8(6-9)7-12-14(10)17-15-18(12)11-2-1-3-13(11)19-15/h4-6H,1-3,7H2. The molecule has 19 heavy (non-hydrogen) atoms. The highest BCUT2D eigenvalue weighted by Gasteiger charge is 2.29. The number of imidazole rings is 1. The van der Waals surface area contributed by atoms with Gasteiger partial charge in [-0.2, -0.15) is 0 Å². The Morgan fingerprint density at radius 3 is 3.11 bits per heavy atom. The quantitative estimate of drug-likeness (QED) is 0.477. The van der Waals surface area contributed by atoms with Crippen LogP contribution in [0.3, 0.4) is 0 Å². The van der Waals surface area contributed by atoms with Gasteiger partial charge in [0.25, 0.3) is 0 Å². The Hall–Kier alpha value is -1.68. The van der Waals surface area contributed by atoms with Gasteiger partial charge in [0.15, 0.2) is 4.96 Å². The van der Waals surface area contributed by atoms with Crippen LogP contribution in [0.25, 0.3) is 16.2 Å². The second kappa shape index (κ2) is 3.25. The zero-order chi connectivity index (χ0) is 12.6. The first-order chi connectivity index (χ1) is 9.31. The van der Waals surface area contributed by atoms with E-state index in [0.717, 1.165) is 34.6 Å². The van der Waals surface area contributed by atoms with Gasteiger partial charge in [-0.3, -0.25) is 4.40 Å². The van der Waals surface area contributed by atoms with Gasteiger partial charge in [0.1, 0.15) is 5.82 Å². The van der Waals surface area contributed by atoms with Crippen LogP contribution >= 0.6 is 11.3 Å². The van der Waals surface area contributed by atoms with Crippen molar-refractivity contribution in [1.82, 2.24) is 9.38 Å². The van der Waals surface area contributed by atoms with Gasteiger partial charge >= 0.3 is 0 Å². The van der Waals surface area contributed by atoms with Crippen molar-refractivity contribution in [2.75, 3.05) is 0 Å². The topological polar surface area (TPSA) is 17.3 Å². The molecule has 0 saturated heterocycles. The van der Waals surface area contributed by atoms with Gasteiger partial charge in [-0.1, -0.05) is 0 Å². The number of benzene rings is 1. The maximum Gasteiger partial charge on any atom is 0.194 e. The molecule has 0 radical (unpaired) electrons. The third kappa shape index (κ3) is 1.18. The van der Waals surface area contributed by atoms with Crippen LogP contribution in [0.2, 0.25) is 0 Å². The Morgan fingerprint density at radius 1 is 1.21 bits per heavy atom. The molecule has 2 heterocycles. The maximum absolute atomic E-state index is 13.3. The Balaban J connectivity index is 1.83. The minimum atomic E-state index is -0.152. The lowest BCUT2D eigenvalue weighted by Crippen LogP contribution is -1.94. The van der Waals surface area contributed by atoms with E-state index < -0.39 is 0 Å². The second-order valence-corrected chi connectivity index (χ2v) is 6.39. The highest BCUT2D eigenvalue weighted by atomic mass is 32.1. The number of nitrogens with zero attached hydrogens (tertiary/aromatic N) is 2. The van der Waals surface area contributed by atoms with Gasteiger partial charge in [0, 0.05) is 22.6 Å². The Kier molecular flexibility index (Phi) is 1.74. The van der Waals surface area contributed by atoms with Crippen LogP contribution in [0.15, 0.2) is 18.2 Å². The largest absolute Gasteiger partial charge is 0.290 e. The molecule has 2 aromatic heterocycles. The Labute approximate surface area is 113 Å². The molecule has 2 aliphatic carbocycles. The van der Waals surface area contributed by atoms with Gasteiger partial charge < -0.3 is 0 Å². The number of thiazole rings is 1. The summed E-state index contributed by atoms with van der Waals surface area (Å²) >= 11 is 1.83. The first-order valence-electron chi connectivity index (χ1n) is 6.62. The van der Waals surface area contributed by atoms with Crippen molar-refractivity contribution >= 4 is 16.3 Å². The molecule has 2 aliphatic rings. The summed E-state index contributed by atoms with van der Waals surface area (Å²) < 4.78 is 15.7. The maximum atomic E-state index is 13.3. The molecule has 1 aromatic carbocycles. The van der Waals surface area contributed by atoms with Crippen LogP contribution in [0, 0.1) is 5.82 Å². The predicted molar refractivity (Wildman–Crippen MR) is 73.3 cm³/mol. The molecule has 0 aliphatic heterocycles. The summed E-state index contributed by atoms with van der Waals surface area (Å²) in [5, 5.41) is 0. The molecule has 3 aromatic rings. The molecule has 0 spiro atoms. The summed E-state index contributed by atoms with van der Waals surface area (Å²) in [6, 6.07) is 5.05. The van der Waals surface area contributed by atoms with Crippen molar-refractivity contribution in [3.8, 4) is 11.3 Å². The third-order valence-corrected chi connectivity index (χ3v) is 5.39. The van der Waals surface area contributed by atoms with Crippen LogP contribution in [-0.2, 0) is 19.3 Å². The van der Waals surface area contributed by atoms with Crippen molar-refractivity contribution in [3.05, 3.63) is 45.8 Å². The molecule has 0 amide bonds. The van der Waals surface area contributed by atoms with Crippen molar-refractivity contribution in [1.29, 1.82) is 0 Å². The van der Waals surface area contributed by atoms with E-state index in [1.807, 2.05) is 17.4 Å². The summed E-state index contributed by atoms with van der Waals surface area (Å²) in [5.74, 6) is -0.152. The summed E-state index contributed by atoms with van der Waals surface area (Å²) in [7, 11) is 0. The first-order valence-corrected chi connectivity index (χ1v) is 7.43. The van der Waals surface area contributed by atoms with E-state index in [1.54, 1.807) is 6.07 Å². The summed E-state index contributed by atoms with van der Waals surface area (Å²) in [4.78, 5) is 7.40. The van der Waals surface area contributed by atoms with Gasteiger partial charge in [0.05, 0.1) is 11.4 Å². The zero-order valence-electron chi connectivity index (χ0n) is 10.2. The van der Waals surface area contributed by atoms with Crippen LogP contribution < -0.4 is 0 Å². The van der Waals surface area contributed by atoms with E-state index in [9.17, 15) is 4.39 Å². The SMILES string of the molecule is Fc1ccc2c(c1)Cc1c-2nc2sc3c(n12)CCC3. The third-order valence-electron chi connectivity index (χ3n) is 4.25. The molecule has 94 valence electrons. The van der Waals surface area contributed by atoms with Gasteiger partial charge in [-0.15, -0.1) is 11.3 Å². The number of rotatable bonds is 0. The number of hydrogen-bond acceptors (Lipinski definition) is 2. The predicted octanol–water partition coefficient (Wildman–Crippen LogP) is 3.59. The van der Waals surface area contributed by atoms with E-state index in [1.165, 1.54) is 35.2 Å². The van der Waals surface area contributed by atoms with E-state index in [4.69, 9.17) is 4.98 Å². The molecule has 5 rings (SSSR count). The molecule has 2 nitrogen and oxygen atoms in total. The highest BCUT2D eigenvalue weighted by molar-refractivity contribution is 7.17. The van der Waals surface area contributed by atoms with Gasteiger partial charge in [0.2, 0.25) is 0 Å². The number of aryl methyl sites for hydroxylation is 2. The molecule has 0 atom stereocenters. The number of halogens is 1. The van der Waals surface area contributed by atoms with Crippen molar-refractivity contribution in [2.24, 2.45) is 0 Å². The Morgan fingerprint density at radius 2 is 2.16 bits per heavy atom. The number of aromatic nitrogens is 2.